The lowest BCUT2D eigenvalue weighted by atomic mass is 10.1. The topological polar surface area (TPSA) is 42.4 Å². The highest BCUT2D eigenvalue weighted by atomic mass is 35.5. The molecule has 0 radical (unpaired) electrons. The molecule has 1 heterocycles. The summed E-state index contributed by atoms with van der Waals surface area (Å²) in [5.74, 6) is 0. The van der Waals surface area contributed by atoms with Crippen LogP contribution in [0.25, 0.3) is 11.3 Å². The monoisotopic (exact) mass is 255 g/mol. The maximum absolute atomic E-state index is 9.25. The molecule has 2 rings (SSSR count). The molecule has 0 spiro atoms. The molecule has 2 aromatic rings. The number of aliphatic hydroxyl groups excluding tert-OH is 1. The van der Waals surface area contributed by atoms with Crippen LogP contribution in [0.15, 0.2) is 24.3 Å². The number of rotatable bonds is 3. The third kappa shape index (κ3) is 2.04. The van der Waals surface area contributed by atoms with Gasteiger partial charge in [-0.2, -0.15) is 0 Å². The Labute approximate surface area is 102 Å². The van der Waals surface area contributed by atoms with Gasteiger partial charge in [0, 0.05) is 5.56 Å². The Morgan fingerprint density at radius 1 is 1.44 bits per heavy atom. The van der Waals surface area contributed by atoms with E-state index in [-0.39, 0.29) is 6.61 Å². The summed E-state index contributed by atoms with van der Waals surface area (Å²) in [5, 5.41) is 10.4. The largest absolute Gasteiger partial charge is 0.473 e. The Morgan fingerprint density at radius 3 is 2.81 bits per heavy atom. The van der Waals surface area contributed by atoms with E-state index in [0.717, 1.165) is 10.4 Å². The number of aliphatic hydroxyl groups is 1. The second-order valence-corrected chi connectivity index (χ2v) is 4.55. The maximum atomic E-state index is 9.25. The van der Waals surface area contributed by atoms with E-state index >= 15 is 0 Å². The van der Waals surface area contributed by atoms with Crippen LogP contribution in [-0.2, 0) is 6.61 Å². The Morgan fingerprint density at radius 2 is 2.19 bits per heavy atom. The van der Waals surface area contributed by atoms with E-state index < -0.39 is 0 Å². The predicted octanol–water partition coefficient (Wildman–Crippen LogP) is 2.96. The summed E-state index contributed by atoms with van der Waals surface area (Å²) in [4.78, 5) is 5.04. The molecule has 0 atom stereocenters. The lowest BCUT2D eigenvalue weighted by Gasteiger charge is -2.01. The molecule has 0 aliphatic rings. The van der Waals surface area contributed by atoms with Gasteiger partial charge < -0.3 is 9.84 Å². The number of aromatic nitrogens is 1. The van der Waals surface area contributed by atoms with E-state index in [2.05, 4.69) is 4.98 Å². The third-order valence-electron chi connectivity index (χ3n) is 2.12. The van der Waals surface area contributed by atoms with Gasteiger partial charge in [-0.1, -0.05) is 41.1 Å². The quantitative estimate of drug-likeness (QED) is 0.917. The average molecular weight is 256 g/mol. The fourth-order valence-corrected chi connectivity index (χ4v) is 2.36. The number of hydrogen-bond donors (Lipinski definition) is 1. The molecular weight excluding hydrogens is 246 g/mol. The van der Waals surface area contributed by atoms with Crippen molar-refractivity contribution in [2.45, 2.75) is 6.61 Å². The Balaban J connectivity index is 2.54. The van der Waals surface area contributed by atoms with Crippen molar-refractivity contribution in [3.63, 3.8) is 0 Å². The van der Waals surface area contributed by atoms with Gasteiger partial charge in [-0.05, 0) is 6.07 Å². The number of nitrogens with zero attached hydrogens (tertiary/aromatic N) is 1. The summed E-state index contributed by atoms with van der Waals surface area (Å²) in [7, 11) is 1.55. The standard InChI is InChI=1S/C11H10ClNO2S/c1-15-11-13-10(9(6-14)16-11)7-4-2-3-5-8(7)12/h2-5,14H,6H2,1H3. The molecule has 0 aliphatic heterocycles. The van der Waals surface area contributed by atoms with E-state index in [9.17, 15) is 5.11 Å². The molecule has 0 fully saturated rings. The molecule has 1 aromatic carbocycles. The predicted molar refractivity (Wildman–Crippen MR) is 65.0 cm³/mol. The van der Waals surface area contributed by atoms with Gasteiger partial charge in [0.1, 0.15) is 0 Å². The number of hydrogen-bond acceptors (Lipinski definition) is 4. The average Bonchev–Trinajstić information content (AvgIpc) is 2.72. The molecule has 1 aromatic heterocycles. The highest BCUT2D eigenvalue weighted by Crippen LogP contribution is 2.35. The first-order valence-corrected chi connectivity index (χ1v) is 5.85. The summed E-state index contributed by atoms with van der Waals surface area (Å²) in [6.07, 6.45) is 0. The summed E-state index contributed by atoms with van der Waals surface area (Å²) in [5.41, 5.74) is 1.50. The fraction of sp³-hybridized carbons (Fsp3) is 0.182. The fourth-order valence-electron chi connectivity index (χ4n) is 1.39. The molecule has 84 valence electrons. The van der Waals surface area contributed by atoms with E-state index in [1.807, 2.05) is 18.2 Å². The maximum Gasteiger partial charge on any atom is 0.273 e. The van der Waals surface area contributed by atoms with Crippen LogP contribution in [0.2, 0.25) is 5.02 Å². The van der Waals surface area contributed by atoms with Crippen molar-refractivity contribution in [2.24, 2.45) is 0 Å². The number of methoxy groups -OCH3 is 1. The smallest absolute Gasteiger partial charge is 0.273 e. The van der Waals surface area contributed by atoms with Gasteiger partial charge in [0.15, 0.2) is 0 Å². The molecule has 0 saturated carbocycles. The highest BCUT2D eigenvalue weighted by molar-refractivity contribution is 7.13. The zero-order chi connectivity index (χ0) is 11.5. The molecule has 0 amide bonds. The van der Waals surface area contributed by atoms with Crippen molar-refractivity contribution in [1.82, 2.24) is 4.98 Å². The number of thiazole rings is 1. The summed E-state index contributed by atoms with van der Waals surface area (Å²) in [6, 6.07) is 7.40. The molecule has 1 N–H and O–H groups in total. The minimum atomic E-state index is -0.0679. The highest BCUT2D eigenvalue weighted by Gasteiger charge is 2.14. The van der Waals surface area contributed by atoms with Crippen molar-refractivity contribution >= 4 is 22.9 Å². The van der Waals surface area contributed by atoms with Crippen LogP contribution in [0.5, 0.6) is 5.19 Å². The molecular formula is C11H10ClNO2S. The zero-order valence-electron chi connectivity index (χ0n) is 8.61. The second-order valence-electron chi connectivity index (χ2n) is 3.09. The van der Waals surface area contributed by atoms with Crippen molar-refractivity contribution in [1.29, 1.82) is 0 Å². The van der Waals surface area contributed by atoms with E-state index in [4.69, 9.17) is 16.3 Å². The molecule has 0 saturated heterocycles. The second kappa shape index (κ2) is 4.82. The first-order chi connectivity index (χ1) is 7.76. The normalized spacial score (nSPS) is 10.4. The van der Waals surface area contributed by atoms with Crippen LogP contribution in [0, 0.1) is 0 Å². The molecule has 3 nitrogen and oxygen atoms in total. The SMILES string of the molecule is COc1nc(-c2ccccc2Cl)c(CO)s1. The van der Waals surface area contributed by atoms with Gasteiger partial charge in [0.05, 0.1) is 29.3 Å². The molecule has 5 heteroatoms. The van der Waals surface area contributed by atoms with Gasteiger partial charge in [-0.15, -0.1) is 0 Å². The van der Waals surface area contributed by atoms with Gasteiger partial charge >= 0.3 is 0 Å². The van der Waals surface area contributed by atoms with Crippen molar-refractivity contribution in [3.05, 3.63) is 34.2 Å². The molecule has 0 unspecified atom stereocenters. The molecule has 0 bridgehead atoms. The Hall–Kier alpha value is -1.10. The minimum Gasteiger partial charge on any atom is -0.473 e. The van der Waals surface area contributed by atoms with Crippen molar-refractivity contribution in [3.8, 4) is 16.5 Å². The van der Waals surface area contributed by atoms with Crippen molar-refractivity contribution < 1.29 is 9.84 Å². The van der Waals surface area contributed by atoms with Crippen LogP contribution in [-0.4, -0.2) is 17.2 Å². The lowest BCUT2D eigenvalue weighted by molar-refractivity contribution is 0.286. The Kier molecular flexibility index (Phi) is 3.43. The lowest BCUT2D eigenvalue weighted by Crippen LogP contribution is -1.86. The van der Waals surface area contributed by atoms with Gasteiger partial charge in [0.25, 0.3) is 5.19 Å². The van der Waals surface area contributed by atoms with Gasteiger partial charge in [-0.25, -0.2) is 4.98 Å². The van der Waals surface area contributed by atoms with Crippen LogP contribution >= 0.6 is 22.9 Å². The number of halogens is 1. The summed E-state index contributed by atoms with van der Waals surface area (Å²) >= 11 is 7.40. The van der Waals surface area contributed by atoms with Gasteiger partial charge in [0.2, 0.25) is 0 Å². The van der Waals surface area contributed by atoms with Crippen LogP contribution in [0.1, 0.15) is 4.88 Å². The number of ether oxygens (including phenoxy) is 1. The van der Waals surface area contributed by atoms with Gasteiger partial charge in [-0.3, -0.25) is 0 Å². The third-order valence-corrected chi connectivity index (χ3v) is 3.46. The van der Waals surface area contributed by atoms with E-state index in [1.54, 1.807) is 13.2 Å². The summed E-state index contributed by atoms with van der Waals surface area (Å²) in [6.45, 7) is -0.0679. The van der Waals surface area contributed by atoms with E-state index in [1.165, 1.54) is 11.3 Å². The zero-order valence-corrected chi connectivity index (χ0v) is 10.2. The van der Waals surface area contributed by atoms with Crippen LogP contribution in [0.4, 0.5) is 0 Å². The first-order valence-electron chi connectivity index (χ1n) is 4.65. The summed E-state index contributed by atoms with van der Waals surface area (Å²) < 4.78 is 5.05. The Bertz CT molecular complexity index is 498. The molecule has 0 aliphatic carbocycles. The van der Waals surface area contributed by atoms with Crippen LogP contribution in [0.3, 0.4) is 0 Å². The first kappa shape index (κ1) is 11.4. The minimum absolute atomic E-state index is 0.0679. The van der Waals surface area contributed by atoms with Crippen molar-refractivity contribution in [2.75, 3.05) is 7.11 Å². The van der Waals surface area contributed by atoms with E-state index in [0.29, 0.717) is 15.9 Å². The molecule has 16 heavy (non-hydrogen) atoms. The number of benzene rings is 1. The van der Waals surface area contributed by atoms with Crippen LogP contribution < -0.4 is 4.74 Å².